The van der Waals surface area contributed by atoms with Gasteiger partial charge < -0.3 is 61.3 Å². The van der Waals surface area contributed by atoms with Crippen molar-refractivity contribution in [3.05, 3.63) is 188 Å². The number of ether oxygens (including phenoxy) is 4. The Balaban J connectivity index is 0.744. The summed E-state index contributed by atoms with van der Waals surface area (Å²) in [5.41, 5.74) is 11.9. The lowest BCUT2D eigenvalue weighted by molar-refractivity contribution is 0.0830. The summed E-state index contributed by atoms with van der Waals surface area (Å²) in [4.78, 5) is 41.3. The maximum atomic E-state index is 13.1. The Kier molecular flexibility index (Phi) is 18.2. The van der Waals surface area contributed by atoms with Gasteiger partial charge in [0, 0.05) is 118 Å². The van der Waals surface area contributed by atoms with Crippen LogP contribution in [0.4, 0.5) is 52.0 Å². The van der Waals surface area contributed by atoms with E-state index < -0.39 is 16.2 Å². The highest BCUT2D eigenvalue weighted by Gasteiger charge is 2.40. The topological polar surface area (TPSA) is 331 Å². The molecule has 9 aromatic rings. The van der Waals surface area contributed by atoms with Crippen molar-refractivity contribution in [3.63, 3.8) is 0 Å². The van der Waals surface area contributed by atoms with Crippen LogP contribution in [0.25, 0.3) is 33.8 Å². The van der Waals surface area contributed by atoms with E-state index in [4.69, 9.17) is 45.5 Å². The van der Waals surface area contributed by atoms with E-state index in [2.05, 4.69) is 90.3 Å². The Morgan fingerprint density at radius 2 is 1.03 bits per heavy atom. The molecule has 3 aliphatic heterocycles. The summed E-state index contributed by atoms with van der Waals surface area (Å²) in [6.45, 7) is 8.91. The number of nitrogens with one attached hydrogen (secondary N) is 7. The van der Waals surface area contributed by atoms with Crippen LogP contribution in [0.5, 0.6) is 5.75 Å². The fourth-order valence-corrected chi connectivity index (χ4v) is 12.2. The zero-order valence-electron chi connectivity index (χ0n) is 52.5. The number of benzene rings is 6. The van der Waals surface area contributed by atoms with E-state index in [0.717, 1.165) is 27.9 Å². The van der Waals surface area contributed by atoms with Crippen LogP contribution in [0.15, 0.2) is 128 Å². The Labute approximate surface area is 553 Å². The molecule has 3 aromatic heterocycles. The Morgan fingerprint density at radius 1 is 0.568 bits per heavy atom. The zero-order chi connectivity index (χ0) is 66.4. The molecule has 0 unspecified atom stereocenters. The first kappa shape index (κ1) is 63.9. The molecule has 0 saturated carbocycles. The minimum atomic E-state index is -0.616. The molecule has 6 heterocycles. The third kappa shape index (κ3) is 13.2. The number of rotatable bonds is 23. The monoisotopic (exact) mass is 1290 g/mol. The maximum Gasteiger partial charge on any atom is 0.251 e. The number of aliphatic hydroxyl groups excluding tert-OH is 1. The van der Waals surface area contributed by atoms with E-state index in [1.54, 1.807) is 112 Å². The average molecular weight is 1290 g/mol. The lowest BCUT2D eigenvalue weighted by Crippen LogP contribution is -2.30. The second-order valence-corrected chi connectivity index (χ2v) is 24.6. The first-order valence-corrected chi connectivity index (χ1v) is 30.8. The number of methoxy groups -OCH3 is 1. The van der Waals surface area contributed by atoms with Crippen LogP contribution >= 0.6 is 11.6 Å². The molecule has 24 heteroatoms. The Hall–Kier alpha value is -11.3. The van der Waals surface area contributed by atoms with Crippen molar-refractivity contribution in [2.45, 2.75) is 50.2 Å². The summed E-state index contributed by atoms with van der Waals surface area (Å²) in [6.07, 6.45) is 4.88. The fraction of sp³-hybridized carbons (Fsp3) is 0.254. The van der Waals surface area contributed by atoms with E-state index in [1.807, 2.05) is 37.3 Å². The second kappa shape index (κ2) is 27.1. The van der Waals surface area contributed by atoms with Gasteiger partial charge >= 0.3 is 0 Å². The molecule has 476 valence electrons. The van der Waals surface area contributed by atoms with Gasteiger partial charge in [-0.25, -0.2) is 29.9 Å². The Morgan fingerprint density at radius 3 is 1.49 bits per heavy atom. The molecule has 3 atom stereocenters. The molecule has 0 spiro atoms. The predicted molar refractivity (Wildman–Crippen MR) is 360 cm³/mol. The molecule has 0 saturated heterocycles. The van der Waals surface area contributed by atoms with Crippen molar-refractivity contribution in [1.82, 2.24) is 35.2 Å². The minimum Gasteiger partial charge on any atom is -0.489 e. The molecule has 3 aliphatic rings. The highest BCUT2D eigenvalue weighted by atomic mass is 35.5. The number of carbonyl (C=O) groups is 1. The number of anilines is 9. The van der Waals surface area contributed by atoms with Crippen molar-refractivity contribution >= 4 is 69.5 Å². The summed E-state index contributed by atoms with van der Waals surface area (Å²) in [5, 5.41) is 74.6. The van der Waals surface area contributed by atoms with E-state index in [-0.39, 0.29) is 50.8 Å². The highest BCUT2D eigenvalue weighted by Crippen LogP contribution is 2.45. The van der Waals surface area contributed by atoms with Crippen molar-refractivity contribution < 1.29 is 28.8 Å². The summed E-state index contributed by atoms with van der Waals surface area (Å²) in [5.74, 6) is 1.04. The van der Waals surface area contributed by atoms with Crippen LogP contribution < -0.4 is 42.0 Å². The van der Waals surface area contributed by atoms with Crippen LogP contribution in [-0.2, 0) is 43.7 Å². The number of fused-ring (bicyclic) bond motifs is 3. The number of nitrogens with zero attached hydrogens (tertiary/aromatic N) is 10. The van der Waals surface area contributed by atoms with Crippen LogP contribution in [0.3, 0.4) is 0 Å². The minimum absolute atomic E-state index is 0.101. The van der Waals surface area contributed by atoms with Crippen LogP contribution in [0.2, 0.25) is 5.02 Å². The van der Waals surface area contributed by atoms with Gasteiger partial charge in [0.15, 0.2) is 0 Å². The average Bonchev–Trinajstić information content (AvgIpc) is 1.71. The number of nitriles is 4. The molecule has 0 fully saturated rings. The SMILES string of the molecule is CNC(=O)c1ccc(COC[C@@]2(C)CNc3c(C#N)cc(-c4ccnc(Nc5cc(Cl)ccc5OCCOC)n4)cc32)c(Nc2nccc(-c3cc(C#N)c4c(c3)[C@@](C)(COCc3ccc(C#N)cc3Nc3nccc(-c5cc(C#N)c6c(c5)[C@@](C)(CO)CN6)n3)CN4)n2)c1. The van der Waals surface area contributed by atoms with Gasteiger partial charge in [-0.2, -0.15) is 21.0 Å². The van der Waals surface area contributed by atoms with Crippen molar-refractivity contribution in [2.24, 2.45) is 0 Å². The summed E-state index contributed by atoms with van der Waals surface area (Å²) >= 11 is 6.38. The number of hydrogen-bond donors (Lipinski definition) is 8. The molecule has 0 radical (unpaired) electrons. The van der Waals surface area contributed by atoms with Gasteiger partial charge in [-0.15, -0.1) is 0 Å². The normalized spacial score (nSPS) is 17.0. The first-order valence-electron chi connectivity index (χ1n) is 30.4. The number of halogens is 1. The third-order valence-corrected chi connectivity index (χ3v) is 17.6. The van der Waals surface area contributed by atoms with Gasteiger partial charge in [0.1, 0.15) is 30.6 Å². The molecular weight excluding hydrogens is 1220 g/mol. The van der Waals surface area contributed by atoms with E-state index >= 15 is 0 Å². The smallest absolute Gasteiger partial charge is 0.251 e. The molecule has 0 bridgehead atoms. The molecule has 6 aromatic carbocycles. The second-order valence-electron chi connectivity index (χ2n) is 24.1. The van der Waals surface area contributed by atoms with Crippen LogP contribution in [0, 0.1) is 45.3 Å². The summed E-state index contributed by atoms with van der Waals surface area (Å²) in [6, 6.07) is 41.6. The van der Waals surface area contributed by atoms with Gasteiger partial charge in [-0.1, -0.05) is 44.5 Å². The summed E-state index contributed by atoms with van der Waals surface area (Å²) in [7, 11) is 3.16. The number of hydrogen-bond acceptors (Lipinski definition) is 22. The summed E-state index contributed by atoms with van der Waals surface area (Å²) < 4.78 is 24.2. The van der Waals surface area contributed by atoms with Gasteiger partial charge in [0.25, 0.3) is 5.91 Å². The van der Waals surface area contributed by atoms with Gasteiger partial charge in [-0.3, -0.25) is 4.79 Å². The maximum absolute atomic E-state index is 13.1. The largest absolute Gasteiger partial charge is 0.489 e. The van der Waals surface area contributed by atoms with E-state index in [0.29, 0.717) is 145 Å². The molecule has 0 aliphatic carbocycles. The lowest BCUT2D eigenvalue weighted by atomic mass is 9.83. The van der Waals surface area contributed by atoms with Crippen molar-refractivity contribution in [2.75, 3.05) is 98.7 Å². The molecule has 23 nitrogen and oxygen atoms in total. The fourth-order valence-electron chi connectivity index (χ4n) is 12.0. The molecule has 95 heavy (non-hydrogen) atoms. The predicted octanol–water partition coefficient (Wildman–Crippen LogP) is 11.3. The zero-order valence-corrected chi connectivity index (χ0v) is 53.3. The van der Waals surface area contributed by atoms with E-state index in [9.17, 15) is 30.9 Å². The molecule has 12 rings (SSSR count). The van der Waals surface area contributed by atoms with Crippen LogP contribution in [-0.4, -0.2) is 108 Å². The number of amides is 1. The molecule has 1 amide bonds. The number of aliphatic hydroxyl groups is 1. The van der Waals surface area contributed by atoms with Gasteiger partial charge in [-0.05, 0) is 114 Å². The third-order valence-electron chi connectivity index (χ3n) is 17.3. The van der Waals surface area contributed by atoms with E-state index in [1.165, 1.54) is 0 Å². The lowest BCUT2D eigenvalue weighted by Gasteiger charge is -2.25. The Bertz CT molecular complexity index is 4680. The van der Waals surface area contributed by atoms with Crippen LogP contribution in [0.1, 0.15) is 81.2 Å². The van der Waals surface area contributed by atoms with Gasteiger partial charge in [0.05, 0.1) is 108 Å². The van der Waals surface area contributed by atoms with Gasteiger partial charge in [0.2, 0.25) is 17.8 Å². The number of carbonyl (C=O) groups excluding carboxylic acids is 1. The number of aromatic nitrogens is 6. The molecule has 8 N–H and O–H groups in total. The molecular formula is C71H64ClN17O6. The van der Waals surface area contributed by atoms with Crippen molar-refractivity contribution in [3.8, 4) is 63.8 Å². The first-order chi connectivity index (χ1) is 46.1. The van der Waals surface area contributed by atoms with Crippen molar-refractivity contribution in [1.29, 1.82) is 21.0 Å². The standard InChI is InChI=1S/C71H64ClN17O6/c1-69(38-90)35-81-62-48(30-74)21-45(24-52(62)69)55-12-15-78-66(84-55)87-58-20-41(29-73)6-7-43(58)33-93-39-70(2)36-82-63-49(31-75)22-46(25-53(63)70)56-13-16-79-67(85-56)88-59-27-42(65(91)77-4)8-9-44(59)34-94-40-71(3)37-83-64-50(32-76)23-47(26-54(64)71)57-14-17-80-68(86-57)89-60-28-51(72)10-11-61(60)95-19-18-92-5/h6-17,20-28,81-83,90H,18-19,33-40H2,1-5H3,(H,77,91)(H,78,84,87)(H,79,85,88)(H,80,86,89)/t69-,70-,71-/m1/s1. The quantitative estimate of drug-likeness (QED) is 0.0276. The highest BCUT2D eigenvalue weighted by molar-refractivity contribution is 6.31.